The van der Waals surface area contributed by atoms with E-state index in [1.54, 1.807) is 9.80 Å². The Hall–Kier alpha value is -2.07. The Kier molecular flexibility index (Phi) is 8.87. The summed E-state index contributed by atoms with van der Waals surface area (Å²) in [5.41, 5.74) is 0.120. The summed E-state index contributed by atoms with van der Waals surface area (Å²) in [6.07, 6.45) is 2.48. The Labute approximate surface area is 144 Å². The zero-order chi connectivity index (χ0) is 17.9. The quantitative estimate of drug-likeness (QED) is 0.395. The molecule has 0 radical (unpaired) electrons. The molecule has 0 aliphatic carbocycles. The number of rotatable bonds is 8. The average Bonchev–Trinajstić information content (AvgIpc) is 2.61. The lowest BCUT2D eigenvalue weighted by atomic mass is 10.2. The summed E-state index contributed by atoms with van der Waals surface area (Å²) in [6, 6.07) is 1.97. The topological polar surface area (TPSA) is 79.7 Å². The number of hydrogen-bond acceptors (Lipinski definition) is 5. The molecule has 0 spiro atoms. The molecule has 0 atom stereocenters. The molecule has 0 aromatic heterocycles. The van der Waals surface area contributed by atoms with Crippen LogP contribution in [0.3, 0.4) is 0 Å². The van der Waals surface area contributed by atoms with Crippen molar-refractivity contribution >= 4 is 11.8 Å². The highest BCUT2D eigenvalue weighted by molar-refractivity contribution is 5.97. The zero-order valence-corrected chi connectivity index (χ0v) is 15.0. The first-order valence-electron chi connectivity index (χ1n) is 8.64. The van der Waals surface area contributed by atoms with Crippen molar-refractivity contribution < 1.29 is 9.59 Å². The van der Waals surface area contributed by atoms with Gasteiger partial charge in [0.1, 0.15) is 11.6 Å². The number of nitrogens with zero attached hydrogens (tertiary/aromatic N) is 4. The molecule has 0 saturated carbocycles. The number of carbonyl (C=O) groups excluding carboxylic acids is 2. The van der Waals surface area contributed by atoms with E-state index < -0.39 is 0 Å². The van der Waals surface area contributed by atoms with Crippen molar-refractivity contribution in [2.75, 3.05) is 52.4 Å². The molecule has 0 unspecified atom stereocenters. The van der Waals surface area contributed by atoms with Crippen molar-refractivity contribution in [3.05, 3.63) is 11.8 Å². The minimum absolute atomic E-state index is 0.0213. The summed E-state index contributed by atoms with van der Waals surface area (Å²) < 4.78 is 0. The first-order valence-corrected chi connectivity index (χ1v) is 8.64. The maximum absolute atomic E-state index is 12.4. The molecule has 1 fully saturated rings. The Morgan fingerprint density at radius 3 is 2.25 bits per heavy atom. The molecular weight excluding hydrogens is 306 g/mol. The van der Waals surface area contributed by atoms with Gasteiger partial charge in [0.05, 0.1) is 0 Å². The van der Waals surface area contributed by atoms with Crippen molar-refractivity contribution in [2.24, 2.45) is 0 Å². The second kappa shape index (κ2) is 10.7. The lowest BCUT2D eigenvalue weighted by molar-refractivity contribution is -0.136. The van der Waals surface area contributed by atoms with E-state index in [1.807, 2.05) is 6.07 Å². The molecule has 1 aliphatic heterocycles. The number of nitrogens with one attached hydrogen (secondary N) is 1. The smallest absolute Gasteiger partial charge is 0.266 e. The lowest BCUT2D eigenvalue weighted by Gasteiger charge is -2.34. The molecule has 7 heteroatoms. The van der Waals surface area contributed by atoms with Gasteiger partial charge in [0.25, 0.3) is 5.91 Å². The van der Waals surface area contributed by atoms with E-state index in [-0.39, 0.29) is 17.4 Å². The van der Waals surface area contributed by atoms with Gasteiger partial charge in [0, 0.05) is 45.8 Å². The summed E-state index contributed by atoms with van der Waals surface area (Å²) >= 11 is 0. The second-order valence-electron chi connectivity index (χ2n) is 5.80. The number of hydrogen-bond donors (Lipinski definition) is 1. The van der Waals surface area contributed by atoms with Gasteiger partial charge in [0.2, 0.25) is 5.91 Å². The molecule has 0 aromatic rings. The molecule has 1 saturated heterocycles. The van der Waals surface area contributed by atoms with Gasteiger partial charge < -0.3 is 20.0 Å². The molecule has 0 aromatic carbocycles. The molecule has 24 heavy (non-hydrogen) atoms. The molecule has 1 aliphatic rings. The number of amides is 2. The lowest BCUT2D eigenvalue weighted by Crippen LogP contribution is -2.50. The van der Waals surface area contributed by atoms with E-state index in [1.165, 1.54) is 13.1 Å². The predicted molar refractivity (Wildman–Crippen MR) is 92.9 cm³/mol. The van der Waals surface area contributed by atoms with E-state index in [4.69, 9.17) is 0 Å². The van der Waals surface area contributed by atoms with Crippen LogP contribution in [-0.4, -0.2) is 78.9 Å². The summed E-state index contributed by atoms with van der Waals surface area (Å²) in [4.78, 5) is 29.3. The third kappa shape index (κ3) is 6.20. The standard InChI is InChI=1S/C17H29N5O2/c1-4-20(5-2)8-6-7-19-14-16(13-18)17(24)22-11-9-21(10-12-22)15(3)23/h14,19H,4-12H2,1-3H3/b16-14-. The number of carbonyl (C=O) groups is 2. The van der Waals surface area contributed by atoms with E-state index in [0.29, 0.717) is 26.2 Å². The third-order valence-corrected chi connectivity index (χ3v) is 4.30. The molecule has 1 rings (SSSR count). The van der Waals surface area contributed by atoms with Crippen molar-refractivity contribution in [1.82, 2.24) is 20.0 Å². The molecular formula is C17H29N5O2. The molecule has 0 bridgehead atoms. The van der Waals surface area contributed by atoms with E-state index in [2.05, 4.69) is 24.1 Å². The minimum Gasteiger partial charge on any atom is -0.390 e. The van der Waals surface area contributed by atoms with Crippen LogP contribution in [0.4, 0.5) is 0 Å². The summed E-state index contributed by atoms with van der Waals surface area (Å²) in [5.74, 6) is -0.245. The largest absolute Gasteiger partial charge is 0.390 e. The van der Waals surface area contributed by atoms with Crippen LogP contribution < -0.4 is 5.32 Å². The van der Waals surface area contributed by atoms with Crippen molar-refractivity contribution in [3.8, 4) is 6.07 Å². The van der Waals surface area contributed by atoms with E-state index >= 15 is 0 Å². The van der Waals surface area contributed by atoms with Gasteiger partial charge in [-0.25, -0.2) is 0 Å². The maximum Gasteiger partial charge on any atom is 0.266 e. The number of piperazine rings is 1. The first-order chi connectivity index (χ1) is 11.5. The maximum atomic E-state index is 12.4. The Balaban J connectivity index is 2.41. The van der Waals surface area contributed by atoms with Gasteiger partial charge in [-0.15, -0.1) is 0 Å². The molecule has 134 valence electrons. The highest BCUT2D eigenvalue weighted by Crippen LogP contribution is 2.06. The summed E-state index contributed by atoms with van der Waals surface area (Å²) in [6.45, 7) is 11.6. The zero-order valence-electron chi connectivity index (χ0n) is 15.0. The fourth-order valence-corrected chi connectivity index (χ4v) is 2.66. The van der Waals surface area contributed by atoms with Crippen molar-refractivity contribution in [3.63, 3.8) is 0 Å². The van der Waals surface area contributed by atoms with Gasteiger partial charge >= 0.3 is 0 Å². The van der Waals surface area contributed by atoms with Crippen molar-refractivity contribution in [2.45, 2.75) is 27.2 Å². The second-order valence-corrected chi connectivity index (χ2v) is 5.80. The highest BCUT2D eigenvalue weighted by atomic mass is 16.2. The van der Waals surface area contributed by atoms with Gasteiger partial charge in [-0.05, 0) is 26.1 Å². The fraction of sp³-hybridized carbons (Fsp3) is 0.706. The Bertz CT molecular complexity index is 486. The minimum atomic E-state index is -0.267. The highest BCUT2D eigenvalue weighted by Gasteiger charge is 2.24. The summed E-state index contributed by atoms with van der Waals surface area (Å²) in [7, 11) is 0. The number of nitriles is 1. The first kappa shape index (κ1) is 20.0. The van der Waals surface area contributed by atoms with Crippen LogP contribution in [0, 0.1) is 11.3 Å². The Morgan fingerprint density at radius 1 is 1.17 bits per heavy atom. The summed E-state index contributed by atoms with van der Waals surface area (Å²) in [5, 5.41) is 12.3. The molecule has 2 amide bonds. The normalized spacial score (nSPS) is 15.4. The monoisotopic (exact) mass is 335 g/mol. The Morgan fingerprint density at radius 2 is 1.75 bits per heavy atom. The van der Waals surface area contributed by atoms with E-state index in [0.717, 1.165) is 32.6 Å². The van der Waals surface area contributed by atoms with Gasteiger partial charge in [0.15, 0.2) is 0 Å². The average molecular weight is 335 g/mol. The van der Waals surface area contributed by atoms with Gasteiger partial charge in [-0.1, -0.05) is 13.8 Å². The van der Waals surface area contributed by atoms with Crippen LogP contribution in [0.15, 0.2) is 11.8 Å². The van der Waals surface area contributed by atoms with Crippen LogP contribution in [0.2, 0.25) is 0 Å². The van der Waals surface area contributed by atoms with Crippen LogP contribution in [0.5, 0.6) is 0 Å². The van der Waals surface area contributed by atoms with Crippen LogP contribution in [0.25, 0.3) is 0 Å². The van der Waals surface area contributed by atoms with Gasteiger partial charge in [-0.3, -0.25) is 9.59 Å². The van der Waals surface area contributed by atoms with Crippen molar-refractivity contribution in [1.29, 1.82) is 5.26 Å². The van der Waals surface area contributed by atoms with Crippen LogP contribution >= 0.6 is 0 Å². The van der Waals surface area contributed by atoms with E-state index in [9.17, 15) is 14.9 Å². The SMILES string of the molecule is CCN(CC)CCCN/C=C(/C#N)C(=O)N1CCN(C(C)=O)CC1. The van der Waals surface area contributed by atoms with Crippen LogP contribution in [0.1, 0.15) is 27.2 Å². The molecule has 1 N–H and O–H groups in total. The van der Waals surface area contributed by atoms with Gasteiger partial charge in [-0.2, -0.15) is 5.26 Å². The van der Waals surface area contributed by atoms with Crippen LogP contribution in [-0.2, 0) is 9.59 Å². The fourth-order valence-electron chi connectivity index (χ4n) is 2.66. The molecule has 7 nitrogen and oxygen atoms in total. The predicted octanol–water partition coefficient (Wildman–Crippen LogP) is 0.406. The molecule has 1 heterocycles. The third-order valence-electron chi connectivity index (χ3n) is 4.30.